The third kappa shape index (κ3) is 4.89. The van der Waals surface area contributed by atoms with Gasteiger partial charge in [-0.15, -0.1) is 0 Å². The molecule has 0 saturated carbocycles. The van der Waals surface area contributed by atoms with Crippen molar-refractivity contribution >= 4 is 40.3 Å². The summed E-state index contributed by atoms with van der Waals surface area (Å²) in [4.78, 5) is 39.6. The number of amides is 2. The van der Waals surface area contributed by atoms with E-state index in [-0.39, 0.29) is 23.8 Å². The van der Waals surface area contributed by atoms with Crippen LogP contribution in [0.25, 0.3) is 0 Å². The minimum absolute atomic E-state index is 0.0177. The summed E-state index contributed by atoms with van der Waals surface area (Å²) >= 11 is 7.70. The molecular weight excluding hydrogens is 570 g/mol. The van der Waals surface area contributed by atoms with Crippen LogP contribution < -0.4 is 0 Å². The number of carbonyl (C=O) groups excluding carboxylic acids is 2. The van der Waals surface area contributed by atoms with Crippen LogP contribution in [-0.4, -0.2) is 70.6 Å². The Kier molecular flexibility index (Phi) is 7.81. The van der Waals surface area contributed by atoms with Gasteiger partial charge in [0, 0.05) is 30.4 Å². The van der Waals surface area contributed by atoms with Crippen molar-refractivity contribution in [2.75, 3.05) is 32.8 Å². The zero-order valence-corrected chi connectivity index (χ0v) is 25.6. The van der Waals surface area contributed by atoms with E-state index in [1.54, 1.807) is 4.90 Å². The number of hydrogen-bond acceptors (Lipinski definition) is 7. The van der Waals surface area contributed by atoms with Crippen molar-refractivity contribution in [3.8, 4) is 6.07 Å². The molecule has 4 heterocycles. The number of morpholine rings is 1. The summed E-state index contributed by atoms with van der Waals surface area (Å²) in [7, 11) is 0. The number of benzene rings is 2. The predicted octanol–water partition coefficient (Wildman–Crippen LogP) is 5.30. The van der Waals surface area contributed by atoms with Crippen LogP contribution in [0.3, 0.4) is 0 Å². The van der Waals surface area contributed by atoms with Gasteiger partial charge in [-0.25, -0.2) is 4.99 Å². The van der Waals surface area contributed by atoms with Crippen molar-refractivity contribution in [2.45, 2.75) is 51.2 Å². The lowest BCUT2D eigenvalue weighted by molar-refractivity contribution is -0.144. The minimum atomic E-state index is -0.679. The molecule has 0 aliphatic carbocycles. The Morgan fingerprint density at radius 1 is 1.10 bits per heavy atom. The molecule has 0 N–H and O–H groups in total. The standard InChI is InChI=1S/C32H34ClN5O3S/c1-20(2)26-27(30(40)37-14-4-5-25(37)29(39)36-15-17-41-18-16-36)42-31-35-32(3,23-10-6-21(19-34)7-11-23)28(38(26)31)22-8-12-24(33)13-9-22/h6-13,20,25,28H,4-5,14-18H2,1-3H3/t25-,28+,32-/m0/s1. The number of rotatable bonds is 5. The molecule has 2 aromatic carbocycles. The van der Waals surface area contributed by atoms with Crippen molar-refractivity contribution in [1.82, 2.24) is 14.7 Å². The molecule has 42 heavy (non-hydrogen) atoms. The number of halogens is 1. The van der Waals surface area contributed by atoms with Crippen molar-refractivity contribution in [3.63, 3.8) is 0 Å². The molecule has 0 unspecified atom stereocenters. The normalized spacial score (nSPS) is 25.6. The molecule has 8 nitrogen and oxygen atoms in total. The number of hydrogen-bond donors (Lipinski definition) is 0. The first kappa shape index (κ1) is 28.8. The minimum Gasteiger partial charge on any atom is -0.378 e. The van der Waals surface area contributed by atoms with Gasteiger partial charge in [0.2, 0.25) is 5.91 Å². The Morgan fingerprint density at radius 3 is 2.43 bits per heavy atom. The summed E-state index contributed by atoms with van der Waals surface area (Å²) in [6.07, 6.45) is 1.47. The van der Waals surface area contributed by atoms with E-state index in [9.17, 15) is 14.9 Å². The van der Waals surface area contributed by atoms with Crippen LogP contribution in [0.15, 0.2) is 64.1 Å². The highest BCUT2D eigenvalue weighted by atomic mass is 35.5. The molecule has 218 valence electrons. The summed E-state index contributed by atoms with van der Waals surface area (Å²) in [5.41, 5.74) is 2.84. The van der Waals surface area contributed by atoms with E-state index >= 15 is 0 Å². The van der Waals surface area contributed by atoms with E-state index in [1.807, 2.05) is 53.4 Å². The number of amidine groups is 1. The second-order valence-corrected chi connectivity index (χ2v) is 13.0. The highest BCUT2D eigenvalue weighted by Gasteiger charge is 2.54. The average molecular weight is 604 g/mol. The molecule has 0 spiro atoms. The van der Waals surface area contributed by atoms with Gasteiger partial charge >= 0.3 is 0 Å². The zero-order chi connectivity index (χ0) is 29.6. The predicted molar refractivity (Wildman–Crippen MR) is 164 cm³/mol. The Labute approximate surface area is 256 Å². The number of ether oxygens (including phenoxy) is 1. The summed E-state index contributed by atoms with van der Waals surface area (Å²) < 4.78 is 5.44. The lowest BCUT2D eigenvalue weighted by atomic mass is 9.81. The number of allylic oxidation sites excluding steroid dienone is 1. The number of aliphatic imine (C=N–C) groups is 1. The number of nitriles is 1. The molecule has 0 bridgehead atoms. The second kappa shape index (κ2) is 11.4. The number of thioether (sulfide) groups is 1. The van der Waals surface area contributed by atoms with Crippen molar-refractivity contribution in [2.24, 2.45) is 10.9 Å². The monoisotopic (exact) mass is 603 g/mol. The lowest BCUT2D eigenvalue weighted by Crippen LogP contribution is -2.51. The second-order valence-electron chi connectivity index (χ2n) is 11.6. The summed E-state index contributed by atoms with van der Waals surface area (Å²) in [6.45, 7) is 9.06. The van der Waals surface area contributed by atoms with Gasteiger partial charge in [0.05, 0.1) is 30.9 Å². The molecule has 2 aromatic rings. The molecule has 2 saturated heterocycles. The van der Waals surface area contributed by atoms with Crippen LogP contribution in [0.1, 0.15) is 56.3 Å². The maximum Gasteiger partial charge on any atom is 0.263 e. The smallest absolute Gasteiger partial charge is 0.263 e. The highest BCUT2D eigenvalue weighted by Crippen LogP contribution is 2.56. The fourth-order valence-electron chi connectivity index (χ4n) is 6.55. The van der Waals surface area contributed by atoms with Gasteiger partial charge in [-0.05, 0) is 72.8 Å². The third-order valence-corrected chi connectivity index (χ3v) is 9.97. The van der Waals surface area contributed by atoms with Crippen LogP contribution in [0, 0.1) is 17.2 Å². The first-order valence-electron chi connectivity index (χ1n) is 14.5. The maximum absolute atomic E-state index is 14.3. The van der Waals surface area contributed by atoms with Crippen LogP contribution >= 0.6 is 23.4 Å². The molecule has 10 heteroatoms. The van der Waals surface area contributed by atoms with Crippen LogP contribution in [0.5, 0.6) is 0 Å². The molecule has 6 rings (SSSR count). The number of nitrogens with zero attached hydrogens (tertiary/aromatic N) is 5. The molecule has 4 aliphatic heterocycles. The van der Waals surface area contributed by atoms with Crippen LogP contribution in [-0.2, 0) is 19.9 Å². The molecule has 2 amide bonds. The molecule has 0 radical (unpaired) electrons. The SMILES string of the molecule is CC(C)C1=C(C(=O)N2CCC[C@H]2C(=O)N2CCOCC2)SC2=N[C@@](C)(c3ccc(C#N)cc3)[C@@H](c3ccc(Cl)cc3)N21. The van der Waals surface area contributed by atoms with E-state index in [4.69, 9.17) is 21.3 Å². The first-order chi connectivity index (χ1) is 20.2. The Morgan fingerprint density at radius 2 is 1.79 bits per heavy atom. The summed E-state index contributed by atoms with van der Waals surface area (Å²) in [6, 6.07) is 16.9. The Hall–Kier alpha value is -3.32. The van der Waals surface area contributed by atoms with E-state index in [1.165, 1.54) is 11.8 Å². The number of likely N-dealkylation sites (tertiary alicyclic amines) is 1. The largest absolute Gasteiger partial charge is 0.378 e. The molecule has 0 aromatic heterocycles. The van der Waals surface area contributed by atoms with Gasteiger partial charge in [0.1, 0.15) is 16.5 Å². The van der Waals surface area contributed by atoms with Crippen molar-refractivity contribution in [3.05, 3.63) is 80.8 Å². The molecular formula is C32H34ClN5O3S. The molecule has 2 fully saturated rings. The van der Waals surface area contributed by atoms with Gasteiger partial charge in [0.25, 0.3) is 5.91 Å². The van der Waals surface area contributed by atoms with Gasteiger partial charge in [-0.1, -0.05) is 49.7 Å². The maximum atomic E-state index is 14.3. The number of fused-ring (bicyclic) bond motifs is 1. The zero-order valence-electron chi connectivity index (χ0n) is 24.0. The van der Waals surface area contributed by atoms with Gasteiger partial charge < -0.3 is 19.4 Å². The summed E-state index contributed by atoms with van der Waals surface area (Å²) in [5, 5.41) is 10.8. The van der Waals surface area contributed by atoms with Gasteiger partial charge in [-0.2, -0.15) is 5.26 Å². The van der Waals surface area contributed by atoms with E-state index in [2.05, 4.69) is 31.7 Å². The van der Waals surface area contributed by atoms with Crippen LogP contribution in [0.4, 0.5) is 0 Å². The number of carbonyl (C=O) groups is 2. The van der Waals surface area contributed by atoms with Crippen molar-refractivity contribution in [1.29, 1.82) is 5.26 Å². The molecule has 3 atom stereocenters. The molecule has 4 aliphatic rings. The van der Waals surface area contributed by atoms with Crippen molar-refractivity contribution < 1.29 is 14.3 Å². The van der Waals surface area contributed by atoms with Gasteiger partial charge in [-0.3, -0.25) is 9.59 Å². The van der Waals surface area contributed by atoms with Gasteiger partial charge in [0.15, 0.2) is 5.17 Å². The topological polar surface area (TPSA) is 89.2 Å². The van der Waals surface area contributed by atoms with E-state index < -0.39 is 11.6 Å². The lowest BCUT2D eigenvalue weighted by Gasteiger charge is -2.37. The highest BCUT2D eigenvalue weighted by molar-refractivity contribution is 8.18. The fourth-order valence-corrected chi connectivity index (χ4v) is 8.04. The summed E-state index contributed by atoms with van der Waals surface area (Å²) in [5.74, 6) is -0.0535. The Balaban J connectivity index is 1.39. The Bertz CT molecular complexity index is 1490. The quantitative estimate of drug-likeness (QED) is 0.461. The fraction of sp³-hybridized carbons (Fsp3) is 0.438. The van der Waals surface area contributed by atoms with E-state index in [0.29, 0.717) is 54.8 Å². The van der Waals surface area contributed by atoms with E-state index in [0.717, 1.165) is 28.4 Å². The average Bonchev–Trinajstić information content (AvgIpc) is 3.70. The first-order valence-corrected chi connectivity index (χ1v) is 15.7. The van der Waals surface area contributed by atoms with Crippen LogP contribution in [0.2, 0.25) is 5.02 Å². The third-order valence-electron chi connectivity index (χ3n) is 8.66.